The van der Waals surface area contributed by atoms with Crippen LogP contribution in [0.4, 0.5) is 5.69 Å². The normalized spacial score (nSPS) is 10.9. The van der Waals surface area contributed by atoms with Crippen molar-refractivity contribution in [1.82, 2.24) is 4.98 Å². The second-order valence-electron chi connectivity index (χ2n) is 5.45. The number of nitrogens with zero attached hydrogens (tertiary/aromatic N) is 1. The second kappa shape index (κ2) is 6.41. The van der Waals surface area contributed by atoms with Crippen LogP contribution in [-0.4, -0.2) is 12.0 Å². The van der Waals surface area contributed by atoms with Gasteiger partial charge < -0.3 is 5.32 Å². The zero-order chi connectivity index (χ0) is 15.5. The summed E-state index contributed by atoms with van der Waals surface area (Å²) in [5.41, 5.74) is 6.03. The van der Waals surface area contributed by atoms with Crippen molar-refractivity contribution in [3.8, 4) is 0 Å². The molecular formula is C19H20N2S. The number of fused-ring (bicyclic) bond motifs is 1. The quantitative estimate of drug-likeness (QED) is 0.682. The van der Waals surface area contributed by atoms with Crippen molar-refractivity contribution in [2.24, 2.45) is 0 Å². The molecule has 2 nitrogen and oxygen atoms in total. The van der Waals surface area contributed by atoms with Crippen molar-refractivity contribution >= 4 is 29.2 Å². The highest BCUT2D eigenvalue weighted by Crippen LogP contribution is 2.26. The molecule has 0 bridgehead atoms. The van der Waals surface area contributed by atoms with Crippen LogP contribution in [0.3, 0.4) is 0 Å². The fraction of sp³-hybridized carbons (Fsp3) is 0.211. The minimum atomic E-state index is 0.904. The molecule has 1 N–H and O–H groups in total. The summed E-state index contributed by atoms with van der Waals surface area (Å²) in [7, 11) is 1.94. The Morgan fingerprint density at radius 1 is 1.05 bits per heavy atom. The fourth-order valence-electron chi connectivity index (χ4n) is 2.73. The van der Waals surface area contributed by atoms with Gasteiger partial charge in [-0.2, -0.15) is 0 Å². The molecule has 0 spiro atoms. The minimum Gasteiger partial charge on any atom is -0.388 e. The SMILES string of the molecule is CCc1cc2nccc(Cc3ccc(NC)cc3)c2cc1S. The maximum Gasteiger partial charge on any atom is 0.0708 e. The van der Waals surface area contributed by atoms with Crippen LogP contribution in [0.25, 0.3) is 10.9 Å². The molecule has 1 aromatic heterocycles. The van der Waals surface area contributed by atoms with Gasteiger partial charge in [0.2, 0.25) is 0 Å². The lowest BCUT2D eigenvalue weighted by Gasteiger charge is -2.10. The van der Waals surface area contributed by atoms with Crippen molar-refractivity contribution < 1.29 is 0 Å². The summed E-state index contributed by atoms with van der Waals surface area (Å²) < 4.78 is 0. The van der Waals surface area contributed by atoms with Crippen LogP contribution in [0.15, 0.2) is 53.6 Å². The summed E-state index contributed by atoms with van der Waals surface area (Å²) in [4.78, 5) is 5.57. The zero-order valence-electron chi connectivity index (χ0n) is 12.9. The molecule has 0 aliphatic carbocycles. The van der Waals surface area contributed by atoms with Crippen molar-refractivity contribution in [1.29, 1.82) is 0 Å². The molecule has 0 aliphatic heterocycles. The van der Waals surface area contributed by atoms with E-state index >= 15 is 0 Å². The van der Waals surface area contributed by atoms with Gasteiger partial charge in [-0.05, 0) is 59.9 Å². The van der Waals surface area contributed by atoms with E-state index < -0.39 is 0 Å². The van der Waals surface area contributed by atoms with E-state index in [0.717, 1.165) is 28.9 Å². The van der Waals surface area contributed by atoms with Gasteiger partial charge in [-0.1, -0.05) is 19.1 Å². The van der Waals surface area contributed by atoms with Crippen LogP contribution in [0.5, 0.6) is 0 Å². The Labute approximate surface area is 137 Å². The standard InChI is InChI=1S/C19H20N2S/c1-3-14-11-18-17(12-19(14)22)15(8-9-21-18)10-13-4-6-16(20-2)7-5-13/h4-9,11-12,20,22H,3,10H2,1-2H3. The van der Waals surface area contributed by atoms with Gasteiger partial charge in [0.15, 0.2) is 0 Å². The van der Waals surface area contributed by atoms with E-state index in [1.807, 2.05) is 13.2 Å². The smallest absolute Gasteiger partial charge is 0.0708 e. The predicted octanol–water partition coefficient (Wildman–Crippen LogP) is 4.72. The van der Waals surface area contributed by atoms with Crippen LogP contribution in [0.1, 0.15) is 23.6 Å². The van der Waals surface area contributed by atoms with Crippen molar-refractivity contribution in [3.05, 3.63) is 65.4 Å². The number of benzene rings is 2. The number of hydrogen-bond acceptors (Lipinski definition) is 3. The summed E-state index contributed by atoms with van der Waals surface area (Å²) >= 11 is 4.62. The third kappa shape index (κ3) is 2.95. The van der Waals surface area contributed by atoms with E-state index in [1.165, 1.54) is 22.1 Å². The highest BCUT2D eigenvalue weighted by atomic mass is 32.1. The number of anilines is 1. The van der Waals surface area contributed by atoms with E-state index in [4.69, 9.17) is 0 Å². The number of hydrogen-bond donors (Lipinski definition) is 2. The maximum absolute atomic E-state index is 4.62. The first-order chi connectivity index (χ1) is 10.7. The van der Waals surface area contributed by atoms with Crippen LogP contribution >= 0.6 is 12.6 Å². The van der Waals surface area contributed by atoms with Gasteiger partial charge >= 0.3 is 0 Å². The molecule has 0 fully saturated rings. The van der Waals surface area contributed by atoms with Gasteiger partial charge in [0.1, 0.15) is 0 Å². The molecular weight excluding hydrogens is 288 g/mol. The van der Waals surface area contributed by atoms with Gasteiger partial charge in [-0.25, -0.2) is 0 Å². The molecule has 0 unspecified atom stereocenters. The lowest BCUT2D eigenvalue weighted by molar-refractivity contribution is 1.09. The minimum absolute atomic E-state index is 0.904. The van der Waals surface area contributed by atoms with E-state index in [1.54, 1.807) is 0 Å². The first-order valence-corrected chi connectivity index (χ1v) is 8.02. The van der Waals surface area contributed by atoms with Gasteiger partial charge in [-0.15, -0.1) is 12.6 Å². The van der Waals surface area contributed by atoms with E-state index in [0.29, 0.717) is 0 Å². The number of thiol groups is 1. The first kappa shape index (κ1) is 14.9. The van der Waals surface area contributed by atoms with Gasteiger partial charge in [0.25, 0.3) is 0 Å². The monoisotopic (exact) mass is 308 g/mol. The number of pyridine rings is 1. The molecule has 0 aliphatic rings. The highest BCUT2D eigenvalue weighted by Gasteiger charge is 2.07. The summed E-state index contributed by atoms with van der Waals surface area (Å²) in [6.07, 6.45) is 3.78. The average molecular weight is 308 g/mol. The molecule has 2 aromatic carbocycles. The third-order valence-corrected chi connectivity index (χ3v) is 4.47. The van der Waals surface area contributed by atoms with E-state index in [-0.39, 0.29) is 0 Å². The fourth-order valence-corrected chi connectivity index (χ4v) is 3.08. The van der Waals surface area contributed by atoms with Gasteiger partial charge in [0.05, 0.1) is 5.52 Å². The van der Waals surface area contributed by atoms with Gasteiger partial charge in [-0.3, -0.25) is 4.98 Å². The van der Waals surface area contributed by atoms with Crippen molar-refractivity contribution in [2.75, 3.05) is 12.4 Å². The Hall–Kier alpha value is -2.00. The molecule has 0 saturated carbocycles. The lowest BCUT2D eigenvalue weighted by atomic mass is 9.99. The second-order valence-corrected chi connectivity index (χ2v) is 5.93. The Morgan fingerprint density at radius 3 is 2.50 bits per heavy atom. The van der Waals surface area contributed by atoms with Crippen LogP contribution in [0, 0.1) is 0 Å². The van der Waals surface area contributed by atoms with E-state index in [2.05, 4.69) is 72.3 Å². The summed E-state index contributed by atoms with van der Waals surface area (Å²) in [6, 6.07) is 15.0. The molecule has 0 atom stereocenters. The molecule has 3 rings (SSSR count). The van der Waals surface area contributed by atoms with Crippen molar-refractivity contribution in [3.63, 3.8) is 0 Å². The Balaban J connectivity index is 2.00. The number of aromatic nitrogens is 1. The molecule has 3 aromatic rings. The van der Waals surface area contributed by atoms with Gasteiger partial charge in [0, 0.05) is 29.2 Å². The number of aryl methyl sites for hydroxylation is 1. The Kier molecular flexibility index (Phi) is 4.34. The average Bonchev–Trinajstić information content (AvgIpc) is 2.55. The summed E-state index contributed by atoms with van der Waals surface area (Å²) in [5.74, 6) is 0. The molecule has 22 heavy (non-hydrogen) atoms. The largest absolute Gasteiger partial charge is 0.388 e. The summed E-state index contributed by atoms with van der Waals surface area (Å²) in [5, 5.41) is 4.34. The molecule has 1 heterocycles. The Morgan fingerprint density at radius 2 is 1.82 bits per heavy atom. The zero-order valence-corrected chi connectivity index (χ0v) is 13.8. The van der Waals surface area contributed by atoms with Crippen LogP contribution in [-0.2, 0) is 12.8 Å². The molecule has 112 valence electrons. The van der Waals surface area contributed by atoms with E-state index in [9.17, 15) is 0 Å². The first-order valence-electron chi connectivity index (χ1n) is 7.57. The topological polar surface area (TPSA) is 24.9 Å². The molecule has 0 amide bonds. The number of rotatable bonds is 4. The Bertz CT molecular complexity index is 794. The maximum atomic E-state index is 4.62. The highest BCUT2D eigenvalue weighted by molar-refractivity contribution is 7.80. The molecule has 3 heteroatoms. The molecule has 0 saturated heterocycles. The van der Waals surface area contributed by atoms with Crippen LogP contribution < -0.4 is 5.32 Å². The third-order valence-electron chi connectivity index (χ3n) is 4.05. The molecule has 0 radical (unpaired) electrons. The summed E-state index contributed by atoms with van der Waals surface area (Å²) in [6.45, 7) is 2.15. The number of nitrogens with one attached hydrogen (secondary N) is 1. The lowest BCUT2D eigenvalue weighted by Crippen LogP contribution is -1.94. The van der Waals surface area contributed by atoms with Crippen molar-refractivity contribution in [2.45, 2.75) is 24.7 Å². The van der Waals surface area contributed by atoms with Crippen LogP contribution in [0.2, 0.25) is 0 Å². The predicted molar refractivity (Wildman–Crippen MR) is 97.2 cm³/mol.